The van der Waals surface area contributed by atoms with Crippen molar-refractivity contribution in [2.24, 2.45) is 0 Å². The van der Waals surface area contributed by atoms with Gasteiger partial charge in [0.2, 0.25) is 0 Å². The fourth-order valence-electron chi connectivity index (χ4n) is 1.50. The van der Waals surface area contributed by atoms with Crippen LogP contribution < -0.4 is 9.47 Å². The van der Waals surface area contributed by atoms with Crippen LogP contribution in [0.15, 0.2) is 42.5 Å². The standard InChI is InChI=1S/C15H11Cl2NO2/c1-10(9-18)19-12-3-5-13(6-4-12)20-15-7-2-11(16)8-14(15)17/h2-8,10H,1H3. The highest BCUT2D eigenvalue weighted by atomic mass is 35.5. The Morgan fingerprint density at radius 3 is 2.30 bits per heavy atom. The second kappa shape index (κ2) is 6.51. The van der Waals surface area contributed by atoms with Crippen LogP contribution in [0.5, 0.6) is 17.2 Å². The molecule has 0 bridgehead atoms. The van der Waals surface area contributed by atoms with Crippen LogP contribution in [0.3, 0.4) is 0 Å². The Labute approximate surface area is 127 Å². The highest BCUT2D eigenvalue weighted by Crippen LogP contribution is 2.32. The number of halogens is 2. The largest absolute Gasteiger partial charge is 0.476 e. The van der Waals surface area contributed by atoms with Crippen molar-refractivity contribution in [1.82, 2.24) is 0 Å². The Hall–Kier alpha value is -1.89. The molecule has 0 spiro atoms. The van der Waals surface area contributed by atoms with Crippen LogP contribution in [0.25, 0.3) is 0 Å². The molecule has 0 aliphatic carbocycles. The topological polar surface area (TPSA) is 42.2 Å². The first-order chi connectivity index (χ1) is 9.58. The molecule has 102 valence electrons. The Balaban J connectivity index is 2.09. The lowest BCUT2D eigenvalue weighted by molar-refractivity contribution is 0.276. The molecule has 2 aromatic rings. The van der Waals surface area contributed by atoms with Crippen LogP contribution in [0.4, 0.5) is 0 Å². The minimum atomic E-state index is -0.493. The molecule has 0 amide bonds. The molecular weight excluding hydrogens is 297 g/mol. The highest BCUT2D eigenvalue weighted by Gasteiger charge is 2.05. The van der Waals surface area contributed by atoms with Crippen molar-refractivity contribution in [3.8, 4) is 23.3 Å². The third-order valence-corrected chi connectivity index (χ3v) is 2.97. The number of benzene rings is 2. The molecule has 2 rings (SSSR count). The molecular formula is C15H11Cl2NO2. The molecule has 0 aliphatic rings. The van der Waals surface area contributed by atoms with Crippen molar-refractivity contribution in [1.29, 1.82) is 5.26 Å². The zero-order valence-electron chi connectivity index (χ0n) is 10.6. The van der Waals surface area contributed by atoms with Gasteiger partial charge in [-0.2, -0.15) is 5.26 Å². The SMILES string of the molecule is CC(C#N)Oc1ccc(Oc2ccc(Cl)cc2Cl)cc1. The van der Waals surface area contributed by atoms with Gasteiger partial charge in [-0.25, -0.2) is 0 Å². The second-order valence-corrected chi connectivity index (χ2v) is 4.88. The summed E-state index contributed by atoms with van der Waals surface area (Å²) in [5, 5.41) is 9.67. The van der Waals surface area contributed by atoms with Crippen LogP contribution in [0.1, 0.15) is 6.92 Å². The number of hydrogen-bond acceptors (Lipinski definition) is 3. The fraction of sp³-hybridized carbons (Fsp3) is 0.133. The van der Waals surface area contributed by atoms with Gasteiger partial charge in [0.15, 0.2) is 6.10 Å². The van der Waals surface area contributed by atoms with Gasteiger partial charge in [0.25, 0.3) is 0 Å². The minimum Gasteiger partial charge on any atom is -0.476 e. The van der Waals surface area contributed by atoms with E-state index in [-0.39, 0.29) is 0 Å². The fourth-order valence-corrected chi connectivity index (χ4v) is 1.95. The van der Waals surface area contributed by atoms with E-state index < -0.39 is 6.10 Å². The smallest absolute Gasteiger partial charge is 0.181 e. The molecule has 0 heterocycles. The van der Waals surface area contributed by atoms with Crippen LogP contribution in [0, 0.1) is 11.3 Å². The first-order valence-electron chi connectivity index (χ1n) is 5.88. The molecule has 0 fully saturated rings. The molecule has 20 heavy (non-hydrogen) atoms. The third-order valence-electron chi connectivity index (χ3n) is 2.44. The molecule has 1 unspecified atom stereocenters. The molecule has 0 radical (unpaired) electrons. The quantitative estimate of drug-likeness (QED) is 0.791. The van der Waals surface area contributed by atoms with E-state index in [0.717, 1.165) is 0 Å². The van der Waals surface area contributed by atoms with E-state index in [9.17, 15) is 0 Å². The summed E-state index contributed by atoms with van der Waals surface area (Å²) < 4.78 is 11.0. The third kappa shape index (κ3) is 3.80. The van der Waals surface area contributed by atoms with Gasteiger partial charge in [-0.1, -0.05) is 23.2 Å². The van der Waals surface area contributed by atoms with Gasteiger partial charge in [-0.3, -0.25) is 0 Å². The summed E-state index contributed by atoms with van der Waals surface area (Å²) >= 11 is 11.8. The molecule has 0 aliphatic heterocycles. The molecule has 0 saturated heterocycles. The monoisotopic (exact) mass is 307 g/mol. The number of nitriles is 1. The lowest BCUT2D eigenvalue weighted by atomic mass is 10.3. The Morgan fingerprint density at radius 1 is 1.05 bits per heavy atom. The summed E-state index contributed by atoms with van der Waals surface area (Å²) in [6.45, 7) is 1.68. The van der Waals surface area contributed by atoms with Crippen LogP contribution in [-0.4, -0.2) is 6.10 Å². The lowest BCUT2D eigenvalue weighted by Crippen LogP contribution is -2.07. The number of rotatable bonds is 4. The lowest BCUT2D eigenvalue weighted by Gasteiger charge is -2.10. The zero-order valence-corrected chi connectivity index (χ0v) is 12.2. The number of hydrogen-bond donors (Lipinski definition) is 0. The van der Waals surface area contributed by atoms with E-state index in [2.05, 4.69) is 0 Å². The van der Waals surface area contributed by atoms with Gasteiger partial charge in [0, 0.05) is 5.02 Å². The average molecular weight is 308 g/mol. The Kier molecular flexibility index (Phi) is 4.73. The maximum atomic E-state index is 8.67. The summed E-state index contributed by atoms with van der Waals surface area (Å²) in [5.74, 6) is 1.75. The van der Waals surface area contributed by atoms with Gasteiger partial charge in [0.1, 0.15) is 23.3 Å². The van der Waals surface area contributed by atoms with Gasteiger partial charge in [-0.15, -0.1) is 0 Å². The number of ether oxygens (including phenoxy) is 2. The number of nitrogens with zero attached hydrogens (tertiary/aromatic N) is 1. The van der Waals surface area contributed by atoms with Crippen LogP contribution in [0.2, 0.25) is 10.0 Å². The molecule has 0 saturated carbocycles. The summed E-state index contributed by atoms with van der Waals surface area (Å²) in [5.41, 5.74) is 0. The average Bonchev–Trinajstić information content (AvgIpc) is 2.44. The molecule has 0 aromatic heterocycles. The van der Waals surface area contributed by atoms with Gasteiger partial charge in [0.05, 0.1) is 5.02 Å². The van der Waals surface area contributed by atoms with Crippen LogP contribution >= 0.6 is 23.2 Å². The van der Waals surface area contributed by atoms with Crippen molar-refractivity contribution < 1.29 is 9.47 Å². The highest BCUT2D eigenvalue weighted by molar-refractivity contribution is 6.35. The first kappa shape index (κ1) is 14.5. The molecule has 3 nitrogen and oxygen atoms in total. The maximum Gasteiger partial charge on any atom is 0.181 e. The van der Waals surface area contributed by atoms with E-state index in [1.807, 2.05) is 6.07 Å². The first-order valence-corrected chi connectivity index (χ1v) is 6.63. The van der Waals surface area contributed by atoms with E-state index in [1.54, 1.807) is 49.4 Å². The normalized spacial score (nSPS) is 11.5. The Morgan fingerprint density at radius 2 is 1.70 bits per heavy atom. The molecule has 1 atom stereocenters. The van der Waals surface area contributed by atoms with Crippen molar-refractivity contribution in [3.05, 3.63) is 52.5 Å². The van der Waals surface area contributed by atoms with E-state index in [1.165, 1.54) is 0 Å². The van der Waals surface area contributed by atoms with E-state index >= 15 is 0 Å². The maximum absolute atomic E-state index is 8.67. The predicted octanol–water partition coefficient (Wildman–Crippen LogP) is 5.08. The van der Waals surface area contributed by atoms with Crippen molar-refractivity contribution in [2.45, 2.75) is 13.0 Å². The minimum absolute atomic E-state index is 0.441. The summed E-state index contributed by atoms with van der Waals surface area (Å²) in [6, 6.07) is 14.0. The van der Waals surface area contributed by atoms with E-state index in [4.69, 9.17) is 37.9 Å². The van der Waals surface area contributed by atoms with Crippen LogP contribution in [-0.2, 0) is 0 Å². The zero-order chi connectivity index (χ0) is 14.5. The predicted molar refractivity (Wildman–Crippen MR) is 78.7 cm³/mol. The van der Waals surface area contributed by atoms with Crippen molar-refractivity contribution >= 4 is 23.2 Å². The van der Waals surface area contributed by atoms with E-state index in [0.29, 0.717) is 27.3 Å². The molecule has 2 aromatic carbocycles. The van der Waals surface area contributed by atoms with Crippen molar-refractivity contribution in [2.75, 3.05) is 0 Å². The van der Waals surface area contributed by atoms with Crippen molar-refractivity contribution in [3.63, 3.8) is 0 Å². The Bertz CT molecular complexity index is 635. The van der Waals surface area contributed by atoms with Gasteiger partial charge < -0.3 is 9.47 Å². The second-order valence-electron chi connectivity index (χ2n) is 4.04. The van der Waals surface area contributed by atoms with Gasteiger partial charge >= 0.3 is 0 Å². The van der Waals surface area contributed by atoms with Gasteiger partial charge in [-0.05, 0) is 49.4 Å². The summed E-state index contributed by atoms with van der Waals surface area (Å²) in [4.78, 5) is 0. The summed E-state index contributed by atoms with van der Waals surface area (Å²) in [6.07, 6.45) is -0.493. The molecule has 0 N–H and O–H groups in total. The summed E-state index contributed by atoms with van der Waals surface area (Å²) in [7, 11) is 0. The molecule has 5 heteroatoms.